The van der Waals surface area contributed by atoms with Crippen LogP contribution in [0.3, 0.4) is 0 Å². The predicted molar refractivity (Wildman–Crippen MR) is 126 cm³/mol. The minimum absolute atomic E-state index is 0.0110. The number of hydrogen-bond donors (Lipinski definition) is 1. The number of ether oxygens (including phenoxy) is 2. The molecule has 3 aromatic carbocycles. The van der Waals surface area contributed by atoms with Gasteiger partial charge in [0.2, 0.25) is 5.91 Å². The summed E-state index contributed by atoms with van der Waals surface area (Å²) in [7, 11) is -4.14. The highest BCUT2D eigenvalue weighted by molar-refractivity contribution is 7.92. The first kappa shape index (κ1) is 23.8. The average molecular weight is 505 g/mol. The number of carbonyl (C=O) groups is 1. The summed E-state index contributed by atoms with van der Waals surface area (Å²) in [6, 6.07) is 16.1. The molecule has 178 valence electrons. The van der Waals surface area contributed by atoms with Crippen molar-refractivity contribution in [3.8, 4) is 11.5 Å². The van der Waals surface area contributed by atoms with E-state index < -0.39 is 34.3 Å². The molecule has 0 bridgehead atoms. The van der Waals surface area contributed by atoms with Gasteiger partial charge in [-0.05, 0) is 55.0 Å². The first-order chi connectivity index (χ1) is 16.3. The zero-order valence-electron chi connectivity index (χ0n) is 18.2. The van der Waals surface area contributed by atoms with Gasteiger partial charge in [0.1, 0.15) is 25.6 Å². The van der Waals surface area contributed by atoms with Crippen LogP contribution in [0.2, 0.25) is 5.02 Å². The summed E-state index contributed by atoms with van der Waals surface area (Å²) in [6.45, 7) is 2.14. The minimum atomic E-state index is -4.14. The number of carbonyl (C=O) groups excluding carboxylic acids is 1. The van der Waals surface area contributed by atoms with Crippen molar-refractivity contribution in [2.45, 2.75) is 17.9 Å². The molecule has 34 heavy (non-hydrogen) atoms. The van der Waals surface area contributed by atoms with Crippen LogP contribution in [0.5, 0.6) is 11.5 Å². The lowest BCUT2D eigenvalue weighted by atomic mass is 10.1. The second-order valence-corrected chi connectivity index (χ2v) is 9.88. The van der Waals surface area contributed by atoms with E-state index in [1.807, 2.05) is 0 Å². The molecule has 1 aliphatic heterocycles. The van der Waals surface area contributed by atoms with Gasteiger partial charge in [0, 0.05) is 0 Å². The Morgan fingerprint density at radius 1 is 1.06 bits per heavy atom. The molecule has 1 N–H and O–H groups in total. The molecular formula is C24H22ClFN2O5S. The number of nitrogens with one attached hydrogen (secondary N) is 1. The largest absolute Gasteiger partial charge is 0.486 e. The molecule has 1 unspecified atom stereocenters. The van der Waals surface area contributed by atoms with Crippen LogP contribution in [0.1, 0.15) is 18.5 Å². The maximum Gasteiger partial charge on any atom is 0.264 e. The third-order valence-electron chi connectivity index (χ3n) is 5.25. The van der Waals surface area contributed by atoms with E-state index in [1.165, 1.54) is 24.3 Å². The number of rotatable bonds is 7. The van der Waals surface area contributed by atoms with Crippen LogP contribution >= 0.6 is 11.6 Å². The summed E-state index contributed by atoms with van der Waals surface area (Å²) in [5, 5.41) is 2.55. The van der Waals surface area contributed by atoms with E-state index >= 15 is 0 Å². The van der Waals surface area contributed by atoms with Gasteiger partial charge in [-0.3, -0.25) is 9.10 Å². The van der Waals surface area contributed by atoms with Gasteiger partial charge in [0.25, 0.3) is 10.0 Å². The fraction of sp³-hybridized carbons (Fsp3) is 0.208. The Kier molecular flexibility index (Phi) is 6.95. The van der Waals surface area contributed by atoms with Crippen LogP contribution in [0.15, 0.2) is 71.6 Å². The Hall–Kier alpha value is -3.30. The van der Waals surface area contributed by atoms with E-state index in [4.69, 9.17) is 21.1 Å². The van der Waals surface area contributed by atoms with Gasteiger partial charge in [-0.2, -0.15) is 0 Å². The molecule has 0 aromatic heterocycles. The molecule has 3 aromatic rings. The van der Waals surface area contributed by atoms with Gasteiger partial charge < -0.3 is 14.8 Å². The highest BCUT2D eigenvalue weighted by Gasteiger charge is 2.28. The number of sulfonamides is 1. The second kappa shape index (κ2) is 9.90. The topological polar surface area (TPSA) is 84.9 Å². The molecule has 1 heterocycles. The van der Waals surface area contributed by atoms with Crippen molar-refractivity contribution >= 4 is 33.2 Å². The van der Waals surface area contributed by atoms with E-state index in [2.05, 4.69) is 5.32 Å². The van der Waals surface area contributed by atoms with Gasteiger partial charge in [0.15, 0.2) is 11.5 Å². The predicted octanol–water partition coefficient (Wildman–Crippen LogP) is 4.32. The number of amides is 1. The molecule has 10 heteroatoms. The Labute approximate surface area is 202 Å². The van der Waals surface area contributed by atoms with Gasteiger partial charge in [0.05, 0.1) is 21.6 Å². The van der Waals surface area contributed by atoms with Crippen molar-refractivity contribution in [1.82, 2.24) is 5.32 Å². The third-order valence-corrected chi connectivity index (χ3v) is 7.33. The van der Waals surface area contributed by atoms with Crippen molar-refractivity contribution in [1.29, 1.82) is 0 Å². The van der Waals surface area contributed by atoms with Crippen LogP contribution in [0.25, 0.3) is 0 Å². The maximum absolute atomic E-state index is 13.7. The molecule has 0 saturated carbocycles. The molecule has 7 nitrogen and oxygen atoms in total. The number of benzene rings is 3. The molecule has 1 amide bonds. The van der Waals surface area contributed by atoms with Gasteiger partial charge in [-0.15, -0.1) is 0 Å². The Balaban J connectivity index is 1.58. The molecule has 4 rings (SSSR count). The zero-order valence-corrected chi connectivity index (χ0v) is 19.8. The molecule has 0 saturated heterocycles. The Morgan fingerprint density at radius 2 is 1.76 bits per heavy atom. The number of hydrogen-bond acceptors (Lipinski definition) is 5. The summed E-state index contributed by atoms with van der Waals surface area (Å²) in [6.07, 6.45) is 0. The van der Waals surface area contributed by atoms with Crippen molar-refractivity contribution in [2.24, 2.45) is 0 Å². The lowest BCUT2D eigenvalue weighted by Crippen LogP contribution is -2.41. The number of nitrogens with zero attached hydrogens (tertiary/aromatic N) is 1. The molecule has 0 aliphatic carbocycles. The van der Waals surface area contributed by atoms with E-state index in [9.17, 15) is 17.6 Å². The fourth-order valence-electron chi connectivity index (χ4n) is 3.51. The maximum atomic E-state index is 13.7. The number of halogens is 2. The molecular weight excluding hydrogens is 483 g/mol. The highest BCUT2D eigenvalue weighted by Crippen LogP contribution is 2.33. The minimum Gasteiger partial charge on any atom is -0.486 e. The lowest BCUT2D eigenvalue weighted by molar-refractivity contribution is -0.120. The van der Waals surface area contributed by atoms with Crippen LogP contribution in [-0.4, -0.2) is 34.1 Å². The normalized spacial score (nSPS) is 13.7. The summed E-state index contributed by atoms with van der Waals surface area (Å²) in [5.74, 6) is -0.0394. The van der Waals surface area contributed by atoms with E-state index in [0.29, 0.717) is 24.7 Å². The smallest absolute Gasteiger partial charge is 0.264 e. The van der Waals surface area contributed by atoms with Crippen molar-refractivity contribution in [3.63, 3.8) is 0 Å². The van der Waals surface area contributed by atoms with Crippen LogP contribution in [-0.2, 0) is 14.8 Å². The van der Waals surface area contributed by atoms with E-state index in [1.54, 1.807) is 43.3 Å². The van der Waals surface area contributed by atoms with E-state index in [-0.39, 0.29) is 15.6 Å². The van der Waals surface area contributed by atoms with Crippen LogP contribution in [0, 0.1) is 5.82 Å². The van der Waals surface area contributed by atoms with Gasteiger partial charge in [-0.25, -0.2) is 12.8 Å². The molecule has 1 aliphatic rings. The van der Waals surface area contributed by atoms with Crippen LogP contribution < -0.4 is 19.1 Å². The lowest BCUT2D eigenvalue weighted by Gasteiger charge is -2.25. The standard InChI is InChI=1S/C24H22ClFN2O5S/c1-16(17-7-10-22-23(13-17)33-12-11-32-22)27-24(29)15-28(18-8-9-21(26)20(25)14-18)34(30,31)19-5-3-2-4-6-19/h2-10,13-14,16H,11-12,15H2,1H3,(H,27,29). The molecule has 0 fully saturated rings. The molecule has 0 radical (unpaired) electrons. The van der Waals surface area contributed by atoms with Crippen molar-refractivity contribution < 1.29 is 27.1 Å². The Bertz CT molecular complexity index is 1300. The SMILES string of the molecule is CC(NC(=O)CN(c1ccc(F)c(Cl)c1)S(=O)(=O)c1ccccc1)c1ccc2c(c1)OCCO2. The van der Waals surface area contributed by atoms with Gasteiger partial charge in [-0.1, -0.05) is 35.9 Å². The molecule has 0 spiro atoms. The van der Waals surface area contributed by atoms with Crippen molar-refractivity contribution in [2.75, 3.05) is 24.1 Å². The first-order valence-corrected chi connectivity index (χ1v) is 12.3. The number of anilines is 1. The van der Waals surface area contributed by atoms with E-state index in [0.717, 1.165) is 15.9 Å². The number of fused-ring (bicyclic) bond motifs is 1. The zero-order chi connectivity index (χ0) is 24.3. The summed E-state index contributed by atoms with van der Waals surface area (Å²) < 4.78 is 52.4. The summed E-state index contributed by atoms with van der Waals surface area (Å²) in [4.78, 5) is 12.9. The van der Waals surface area contributed by atoms with Gasteiger partial charge >= 0.3 is 0 Å². The third kappa shape index (κ3) is 5.10. The first-order valence-electron chi connectivity index (χ1n) is 10.5. The Morgan fingerprint density at radius 3 is 2.47 bits per heavy atom. The van der Waals surface area contributed by atoms with Crippen LogP contribution in [0.4, 0.5) is 10.1 Å². The van der Waals surface area contributed by atoms with Crippen molar-refractivity contribution in [3.05, 3.63) is 83.1 Å². The highest BCUT2D eigenvalue weighted by atomic mass is 35.5. The average Bonchev–Trinajstić information content (AvgIpc) is 2.84. The summed E-state index contributed by atoms with van der Waals surface area (Å²) in [5.41, 5.74) is 0.831. The fourth-order valence-corrected chi connectivity index (χ4v) is 5.11. The monoisotopic (exact) mass is 504 g/mol. The summed E-state index contributed by atoms with van der Waals surface area (Å²) >= 11 is 5.89. The quantitative estimate of drug-likeness (QED) is 0.518. The molecule has 1 atom stereocenters. The second-order valence-electron chi connectivity index (χ2n) is 7.62.